The first-order valence-corrected chi connectivity index (χ1v) is 5.94. The van der Waals surface area contributed by atoms with Crippen molar-refractivity contribution in [2.45, 2.75) is 25.9 Å². The highest BCUT2D eigenvalue weighted by Crippen LogP contribution is 2.23. The summed E-state index contributed by atoms with van der Waals surface area (Å²) >= 11 is 0. The van der Waals surface area contributed by atoms with Crippen LogP contribution in [0.3, 0.4) is 0 Å². The van der Waals surface area contributed by atoms with E-state index in [-0.39, 0.29) is 18.4 Å². The van der Waals surface area contributed by atoms with Gasteiger partial charge in [0.05, 0.1) is 12.1 Å². The van der Waals surface area contributed by atoms with Crippen LogP contribution in [-0.4, -0.2) is 28.8 Å². The molecule has 1 aromatic rings. The zero-order valence-electron chi connectivity index (χ0n) is 10.9. The summed E-state index contributed by atoms with van der Waals surface area (Å²) in [6, 6.07) is 4.11. The van der Waals surface area contributed by atoms with Crippen LogP contribution in [0.15, 0.2) is 18.2 Å². The van der Waals surface area contributed by atoms with Crippen molar-refractivity contribution in [2.24, 2.45) is 0 Å². The first kappa shape index (κ1) is 13.5. The summed E-state index contributed by atoms with van der Waals surface area (Å²) in [6.45, 7) is 3.89. The van der Waals surface area contributed by atoms with Gasteiger partial charge in [0.15, 0.2) is 0 Å². The highest BCUT2D eigenvalue weighted by molar-refractivity contribution is 6.02. The molecule has 0 radical (unpaired) electrons. The van der Waals surface area contributed by atoms with Crippen molar-refractivity contribution >= 4 is 17.5 Å². The number of amides is 2. The lowest BCUT2D eigenvalue weighted by molar-refractivity contribution is -0.145. The van der Waals surface area contributed by atoms with Gasteiger partial charge in [0, 0.05) is 12.2 Å². The average Bonchev–Trinajstić information content (AvgIpc) is 2.29. The maximum Gasteiger partial charge on any atom is 0.246 e. The normalized spacial score (nSPS) is 19.3. The Balaban J connectivity index is 2.25. The summed E-state index contributed by atoms with van der Waals surface area (Å²) in [5.74, 6) is -1.09. The molecule has 3 N–H and O–H groups in total. The molecule has 0 spiro atoms. The number of halogens is 1. The molecule has 102 valence electrons. The van der Waals surface area contributed by atoms with Crippen LogP contribution in [0.4, 0.5) is 10.1 Å². The number of anilines is 1. The van der Waals surface area contributed by atoms with Crippen LogP contribution in [0, 0.1) is 5.82 Å². The number of nitrogen functional groups attached to an aromatic ring is 1. The molecule has 0 atom stereocenters. The zero-order valence-corrected chi connectivity index (χ0v) is 10.9. The molecule has 1 aliphatic heterocycles. The first-order valence-electron chi connectivity index (χ1n) is 5.94. The van der Waals surface area contributed by atoms with Crippen LogP contribution >= 0.6 is 0 Å². The van der Waals surface area contributed by atoms with Gasteiger partial charge in [-0.1, -0.05) is 6.07 Å². The van der Waals surface area contributed by atoms with Gasteiger partial charge in [-0.2, -0.15) is 0 Å². The lowest BCUT2D eigenvalue weighted by atomic mass is 9.97. The fraction of sp³-hybridized carbons (Fsp3) is 0.385. The van der Waals surface area contributed by atoms with Crippen molar-refractivity contribution in [3.63, 3.8) is 0 Å². The van der Waals surface area contributed by atoms with Crippen molar-refractivity contribution in [3.05, 3.63) is 29.6 Å². The Morgan fingerprint density at radius 3 is 2.74 bits per heavy atom. The minimum atomic E-state index is -0.811. The molecule has 2 rings (SSSR count). The van der Waals surface area contributed by atoms with E-state index in [9.17, 15) is 14.0 Å². The Morgan fingerprint density at radius 2 is 2.11 bits per heavy atom. The second-order valence-corrected chi connectivity index (χ2v) is 5.14. The van der Waals surface area contributed by atoms with Crippen LogP contribution in [0.1, 0.15) is 19.4 Å². The Labute approximate surface area is 110 Å². The Hall–Kier alpha value is -1.95. The molecule has 0 aromatic heterocycles. The van der Waals surface area contributed by atoms with E-state index in [0.29, 0.717) is 17.8 Å². The second kappa shape index (κ2) is 4.62. The molecular weight excluding hydrogens is 249 g/mol. The molecule has 2 amide bonds. The van der Waals surface area contributed by atoms with Gasteiger partial charge in [-0.15, -0.1) is 0 Å². The van der Waals surface area contributed by atoms with E-state index in [4.69, 9.17) is 5.73 Å². The van der Waals surface area contributed by atoms with E-state index in [2.05, 4.69) is 5.32 Å². The Morgan fingerprint density at radius 1 is 1.42 bits per heavy atom. The van der Waals surface area contributed by atoms with Gasteiger partial charge in [0.25, 0.3) is 0 Å². The topological polar surface area (TPSA) is 75.4 Å². The fourth-order valence-corrected chi connectivity index (χ4v) is 2.00. The number of hydrogen-bond acceptors (Lipinski definition) is 4. The van der Waals surface area contributed by atoms with Gasteiger partial charge in [-0.3, -0.25) is 19.8 Å². The third kappa shape index (κ3) is 2.58. The maximum atomic E-state index is 13.0. The molecule has 6 heteroatoms. The van der Waals surface area contributed by atoms with E-state index in [1.54, 1.807) is 24.8 Å². The number of nitrogens with two attached hydrogens (primary N) is 1. The van der Waals surface area contributed by atoms with Gasteiger partial charge >= 0.3 is 0 Å². The summed E-state index contributed by atoms with van der Waals surface area (Å²) in [6.07, 6.45) is 0. The monoisotopic (exact) mass is 265 g/mol. The highest BCUT2D eigenvalue weighted by atomic mass is 19.1. The van der Waals surface area contributed by atoms with E-state index in [0.717, 1.165) is 0 Å². The van der Waals surface area contributed by atoms with Gasteiger partial charge < -0.3 is 5.73 Å². The van der Waals surface area contributed by atoms with Crippen molar-refractivity contribution in [1.29, 1.82) is 0 Å². The minimum absolute atomic E-state index is 0.107. The molecular formula is C13H16FN3O2. The molecule has 1 saturated heterocycles. The standard InChI is InChI=1S/C13H16FN3O2/c1-13(2)12(19)16-11(18)7-17(13)6-8-3-4-9(14)5-10(8)15/h3-5H,6-7,15H2,1-2H3,(H,16,18,19). The summed E-state index contributed by atoms with van der Waals surface area (Å²) in [4.78, 5) is 25.0. The van der Waals surface area contributed by atoms with Crippen molar-refractivity contribution in [1.82, 2.24) is 10.2 Å². The Kier molecular flexibility index (Phi) is 3.28. The molecule has 1 aromatic carbocycles. The molecule has 0 saturated carbocycles. The number of hydrogen-bond donors (Lipinski definition) is 2. The van der Waals surface area contributed by atoms with Gasteiger partial charge in [0.1, 0.15) is 5.82 Å². The number of imide groups is 1. The van der Waals surface area contributed by atoms with Crippen LogP contribution in [0.5, 0.6) is 0 Å². The molecule has 19 heavy (non-hydrogen) atoms. The van der Waals surface area contributed by atoms with Crippen molar-refractivity contribution < 1.29 is 14.0 Å². The average molecular weight is 265 g/mol. The first-order chi connectivity index (χ1) is 8.80. The number of carbonyl (C=O) groups excluding carboxylic acids is 2. The smallest absolute Gasteiger partial charge is 0.246 e. The summed E-state index contributed by atoms with van der Waals surface area (Å²) < 4.78 is 13.0. The molecule has 1 fully saturated rings. The highest BCUT2D eigenvalue weighted by Gasteiger charge is 2.40. The van der Waals surface area contributed by atoms with Gasteiger partial charge in [-0.05, 0) is 31.5 Å². The molecule has 0 unspecified atom stereocenters. The van der Waals surface area contributed by atoms with Gasteiger partial charge in [0.2, 0.25) is 11.8 Å². The number of piperazine rings is 1. The summed E-state index contributed by atoms with van der Waals surface area (Å²) in [7, 11) is 0. The molecule has 1 aliphatic rings. The fourth-order valence-electron chi connectivity index (χ4n) is 2.00. The predicted molar refractivity (Wildman–Crippen MR) is 68.5 cm³/mol. The largest absolute Gasteiger partial charge is 0.398 e. The number of nitrogens with one attached hydrogen (secondary N) is 1. The van der Waals surface area contributed by atoms with E-state index >= 15 is 0 Å². The summed E-state index contributed by atoms with van der Waals surface area (Å²) in [5.41, 5.74) is 5.94. The number of rotatable bonds is 2. The van der Waals surface area contributed by atoms with Crippen LogP contribution in [-0.2, 0) is 16.1 Å². The van der Waals surface area contributed by atoms with Crippen molar-refractivity contribution in [3.8, 4) is 0 Å². The second-order valence-electron chi connectivity index (χ2n) is 5.14. The predicted octanol–water partition coefficient (Wildman–Crippen LogP) is 0.645. The SMILES string of the molecule is CC1(C)C(=O)NC(=O)CN1Cc1ccc(F)cc1N. The van der Waals surface area contributed by atoms with Gasteiger partial charge in [-0.25, -0.2) is 4.39 Å². The lowest BCUT2D eigenvalue weighted by Crippen LogP contribution is -2.63. The van der Waals surface area contributed by atoms with E-state index in [1.165, 1.54) is 12.1 Å². The summed E-state index contributed by atoms with van der Waals surface area (Å²) in [5, 5.41) is 2.30. The van der Waals surface area contributed by atoms with E-state index < -0.39 is 11.4 Å². The molecule has 1 heterocycles. The molecule has 0 aliphatic carbocycles. The maximum absolute atomic E-state index is 13.0. The zero-order chi connectivity index (χ0) is 14.2. The lowest BCUT2D eigenvalue weighted by Gasteiger charge is -2.40. The third-order valence-corrected chi connectivity index (χ3v) is 3.40. The quantitative estimate of drug-likeness (QED) is 0.608. The Bertz CT molecular complexity index is 543. The minimum Gasteiger partial charge on any atom is -0.398 e. The van der Waals surface area contributed by atoms with Crippen molar-refractivity contribution in [2.75, 3.05) is 12.3 Å². The number of nitrogens with zero attached hydrogens (tertiary/aromatic N) is 1. The van der Waals surface area contributed by atoms with Crippen LogP contribution < -0.4 is 11.1 Å². The van der Waals surface area contributed by atoms with Crippen LogP contribution in [0.25, 0.3) is 0 Å². The third-order valence-electron chi connectivity index (χ3n) is 3.40. The number of carbonyl (C=O) groups is 2. The van der Waals surface area contributed by atoms with E-state index in [1.807, 2.05) is 0 Å². The molecule has 5 nitrogen and oxygen atoms in total. The van der Waals surface area contributed by atoms with Crippen LogP contribution in [0.2, 0.25) is 0 Å². The molecule has 0 bridgehead atoms. The number of benzene rings is 1.